The summed E-state index contributed by atoms with van der Waals surface area (Å²) in [5.41, 5.74) is 1.06. The molecule has 1 aliphatic carbocycles. The summed E-state index contributed by atoms with van der Waals surface area (Å²) >= 11 is 11.1. The molecule has 2 aliphatic rings. The lowest BCUT2D eigenvalue weighted by Crippen LogP contribution is -2.37. The smallest absolute Gasteiger partial charge is 0.170 e. The number of hydrogen-bond donors (Lipinski definition) is 1. The number of pyridine rings is 1. The van der Waals surface area contributed by atoms with Gasteiger partial charge in [0.05, 0.1) is 21.6 Å². The number of aromatic nitrogens is 1. The van der Waals surface area contributed by atoms with E-state index in [0.29, 0.717) is 6.04 Å². The van der Waals surface area contributed by atoms with Gasteiger partial charge in [-0.1, -0.05) is 18.9 Å². The van der Waals surface area contributed by atoms with Crippen LogP contribution < -0.4 is 5.32 Å². The van der Waals surface area contributed by atoms with Gasteiger partial charge in [0, 0.05) is 17.1 Å². The highest BCUT2D eigenvalue weighted by atomic mass is 79.9. The molecule has 4 rings (SSSR count). The van der Waals surface area contributed by atoms with Crippen LogP contribution in [0.25, 0.3) is 0 Å². The minimum atomic E-state index is 0.120. The van der Waals surface area contributed by atoms with Gasteiger partial charge in [-0.15, -0.1) is 11.3 Å². The zero-order chi connectivity index (χ0) is 15.8. The van der Waals surface area contributed by atoms with Crippen molar-refractivity contribution in [2.24, 2.45) is 0 Å². The van der Waals surface area contributed by atoms with Crippen LogP contribution in [0.4, 0.5) is 0 Å². The monoisotopic (exact) mass is 407 g/mol. The van der Waals surface area contributed by atoms with Gasteiger partial charge in [0.2, 0.25) is 0 Å². The molecule has 0 amide bonds. The van der Waals surface area contributed by atoms with Gasteiger partial charge in [-0.05, 0) is 65.3 Å². The Balaban J connectivity index is 1.75. The van der Waals surface area contributed by atoms with Gasteiger partial charge >= 0.3 is 0 Å². The van der Waals surface area contributed by atoms with Gasteiger partial charge in [0.25, 0.3) is 0 Å². The molecule has 3 heterocycles. The molecule has 1 N–H and O–H groups in total. The average Bonchev–Trinajstić information content (AvgIpc) is 3.27. The Hall–Kier alpha value is -0.980. The quantitative estimate of drug-likeness (QED) is 0.737. The maximum absolute atomic E-state index is 5.72. The Labute approximate surface area is 154 Å². The second-order valence-electron chi connectivity index (χ2n) is 6.11. The second-order valence-corrected chi connectivity index (χ2v) is 9.00. The van der Waals surface area contributed by atoms with E-state index in [0.717, 1.165) is 14.6 Å². The van der Waals surface area contributed by atoms with Crippen LogP contribution in [0.5, 0.6) is 0 Å². The standard InChI is InChI=1S/C17H18BrN3S2/c18-14-9-8-13(23-14)16-15(12-7-3-4-10-19-12)20-17(22)21(16)11-5-1-2-6-11/h3-4,7-11,15-16H,1-2,5-6H2,(H,20,22)/t15-,16+/m1/s1. The molecule has 120 valence electrons. The van der Waals surface area contributed by atoms with E-state index in [-0.39, 0.29) is 12.1 Å². The van der Waals surface area contributed by atoms with Crippen molar-refractivity contribution in [1.29, 1.82) is 0 Å². The molecule has 1 aliphatic heterocycles. The van der Waals surface area contributed by atoms with Gasteiger partial charge in [-0.25, -0.2) is 0 Å². The third-order valence-electron chi connectivity index (χ3n) is 4.74. The van der Waals surface area contributed by atoms with E-state index < -0.39 is 0 Å². The molecule has 0 aromatic carbocycles. The first-order chi connectivity index (χ1) is 11.2. The van der Waals surface area contributed by atoms with Crippen LogP contribution in [-0.4, -0.2) is 21.0 Å². The highest BCUT2D eigenvalue weighted by Gasteiger charge is 2.44. The largest absolute Gasteiger partial charge is 0.352 e. The Kier molecular flexibility index (Phi) is 4.39. The fraction of sp³-hybridized carbons (Fsp3) is 0.412. The van der Waals surface area contributed by atoms with E-state index in [1.807, 2.05) is 18.3 Å². The SMILES string of the molecule is S=C1N[C@H](c2ccccn2)[C@H](c2ccc(Br)s2)N1C1CCCC1. The van der Waals surface area contributed by atoms with Crippen molar-refractivity contribution in [3.8, 4) is 0 Å². The maximum Gasteiger partial charge on any atom is 0.170 e. The minimum absolute atomic E-state index is 0.120. The summed E-state index contributed by atoms with van der Waals surface area (Å²) in [6.45, 7) is 0. The molecule has 23 heavy (non-hydrogen) atoms. The van der Waals surface area contributed by atoms with Gasteiger partial charge in [0.1, 0.15) is 0 Å². The molecular weight excluding hydrogens is 390 g/mol. The summed E-state index contributed by atoms with van der Waals surface area (Å²) in [5.74, 6) is 0. The summed E-state index contributed by atoms with van der Waals surface area (Å²) in [4.78, 5) is 8.37. The summed E-state index contributed by atoms with van der Waals surface area (Å²) in [6.07, 6.45) is 6.94. The van der Waals surface area contributed by atoms with Crippen molar-refractivity contribution in [2.75, 3.05) is 0 Å². The topological polar surface area (TPSA) is 28.2 Å². The van der Waals surface area contributed by atoms with E-state index in [9.17, 15) is 0 Å². The number of thiophene rings is 1. The Morgan fingerprint density at radius 3 is 2.70 bits per heavy atom. The van der Waals surface area contributed by atoms with Crippen LogP contribution in [0.15, 0.2) is 40.3 Å². The molecule has 2 atom stereocenters. The number of halogens is 1. The summed E-state index contributed by atoms with van der Waals surface area (Å²) in [7, 11) is 0. The van der Waals surface area contributed by atoms with Crippen molar-refractivity contribution in [3.05, 3.63) is 50.9 Å². The number of nitrogens with one attached hydrogen (secondary N) is 1. The van der Waals surface area contributed by atoms with E-state index >= 15 is 0 Å². The molecular formula is C17H18BrN3S2. The van der Waals surface area contributed by atoms with E-state index in [4.69, 9.17) is 12.2 Å². The van der Waals surface area contributed by atoms with Crippen LogP contribution in [0.2, 0.25) is 0 Å². The Morgan fingerprint density at radius 1 is 1.22 bits per heavy atom. The molecule has 0 spiro atoms. The van der Waals surface area contributed by atoms with Gasteiger partial charge in [-0.2, -0.15) is 0 Å². The lowest BCUT2D eigenvalue weighted by Gasteiger charge is -2.32. The van der Waals surface area contributed by atoms with Crippen LogP contribution in [0.1, 0.15) is 48.3 Å². The van der Waals surface area contributed by atoms with Gasteiger partial charge in [-0.3, -0.25) is 4.98 Å². The molecule has 1 saturated heterocycles. The van der Waals surface area contributed by atoms with E-state index in [1.165, 1.54) is 30.6 Å². The van der Waals surface area contributed by atoms with Crippen molar-refractivity contribution in [3.63, 3.8) is 0 Å². The molecule has 1 saturated carbocycles. The fourth-order valence-corrected chi connectivity index (χ4v) is 5.68. The van der Waals surface area contributed by atoms with E-state index in [1.54, 1.807) is 11.3 Å². The first-order valence-electron chi connectivity index (χ1n) is 7.99. The van der Waals surface area contributed by atoms with Gasteiger partial charge < -0.3 is 10.2 Å². The summed E-state index contributed by atoms with van der Waals surface area (Å²) in [5, 5.41) is 4.42. The van der Waals surface area contributed by atoms with Crippen molar-refractivity contribution in [1.82, 2.24) is 15.2 Å². The average molecular weight is 408 g/mol. The normalized spacial score (nSPS) is 25.1. The molecule has 0 unspecified atom stereocenters. The molecule has 2 fully saturated rings. The number of rotatable bonds is 3. The fourth-order valence-electron chi connectivity index (χ4n) is 3.73. The summed E-state index contributed by atoms with van der Waals surface area (Å²) < 4.78 is 1.16. The molecule has 2 aromatic heterocycles. The molecule has 3 nitrogen and oxygen atoms in total. The molecule has 6 heteroatoms. The van der Waals surface area contributed by atoms with Crippen LogP contribution in [0.3, 0.4) is 0 Å². The predicted molar refractivity (Wildman–Crippen MR) is 102 cm³/mol. The van der Waals surface area contributed by atoms with Crippen molar-refractivity contribution < 1.29 is 0 Å². The number of nitrogens with zero attached hydrogens (tertiary/aromatic N) is 2. The third kappa shape index (κ3) is 2.92. The zero-order valence-electron chi connectivity index (χ0n) is 12.6. The second kappa shape index (κ2) is 6.49. The van der Waals surface area contributed by atoms with Crippen LogP contribution >= 0.6 is 39.5 Å². The van der Waals surface area contributed by atoms with Crippen LogP contribution in [0, 0.1) is 0 Å². The summed E-state index contributed by atoms with van der Waals surface area (Å²) in [6, 6.07) is 11.3. The first kappa shape index (κ1) is 15.5. The predicted octanol–water partition coefficient (Wildman–Crippen LogP) is 4.82. The Morgan fingerprint density at radius 2 is 2.04 bits per heavy atom. The van der Waals surface area contributed by atoms with Crippen LogP contribution in [-0.2, 0) is 0 Å². The first-order valence-corrected chi connectivity index (χ1v) is 10.0. The lowest BCUT2D eigenvalue weighted by molar-refractivity contribution is 0.249. The number of thiocarbonyl (C=S) groups is 1. The molecule has 0 radical (unpaired) electrons. The minimum Gasteiger partial charge on any atom is -0.352 e. The highest BCUT2D eigenvalue weighted by molar-refractivity contribution is 9.11. The van der Waals surface area contributed by atoms with Crippen molar-refractivity contribution >= 4 is 44.6 Å². The van der Waals surface area contributed by atoms with Gasteiger partial charge in [0.15, 0.2) is 5.11 Å². The molecule has 2 aromatic rings. The lowest BCUT2D eigenvalue weighted by atomic mass is 10.0. The maximum atomic E-state index is 5.72. The highest BCUT2D eigenvalue weighted by Crippen LogP contribution is 2.45. The van der Waals surface area contributed by atoms with Crippen molar-refractivity contribution in [2.45, 2.75) is 43.8 Å². The number of hydrogen-bond acceptors (Lipinski definition) is 3. The molecule has 0 bridgehead atoms. The third-order valence-corrected chi connectivity index (χ3v) is 6.76. The Bertz CT molecular complexity index is 697. The van der Waals surface area contributed by atoms with E-state index in [2.05, 4.69) is 49.3 Å². The zero-order valence-corrected chi connectivity index (χ0v) is 15.8.